The van der Waals surface area contributed by atoms with Gasteiger partial charge in [-0.3, -0.25) is 0 Å². The van der Waals surface area contributed by atoms with Crippen molar-refractivity contribution in [2.75, 3.05) is 19.6 Å². The van der Waals surface area contributed by atoms with E-state index in [2.05, 4.69) is 11.0 Å². The molecule has 7 heteroatoms. The maximum atomic E-state index is 11.2. The van der Waals surface area contributed by atoms with Crippen molar-refractivity contribution in [2.24, 2.45) is 0 Å². The normalized spacial score (nSPS) is 21.0. The molecule has 0 radical (unpaired) electrons. The van der Waals surface area contributed by atoms with E-state index in [9.17, 15) is 10.4 Å². The highest BCUT2D eigenvalue weighted by molar-refractivity contribution is 6.43. The summed E-state index contributed by atoms with van der Waals surface area (Å²) in [4.78, 5) is 2.37. The second-order valence-electron chi connectivity index (χ2n) is 9.68. The third-order valence-corrected chi connectivity index (χ3v) is 8.68. The lowest BCUT2D eigenvalue weighted by Gasteiger charge is -2.39. The van der Waals surface area contributed by atoms with E-state index >= 15 is 0 Å². The molecule has 186 valence electrons. The Morgan fingerprint density at radius 2 is 1.67 bits per heavy atom. The van der Waals surface area contributed by atoms with Gasteiger partial charge in [-0.1, -0.05) is 77.3 Å². The van der Waals surface area contributed by atoms with Crippen LogP contribution >= 0.6 is 34.8 Å². The molecule has 0 saturated carbocycles. The molecule has 4 nitrogen and oxygen atoms in total. The van der Waals surface area contributed by atoms with Crippen LogP contribution in [0, 0.1) is 11.3 Å². The van der Waals surface area contributed by atoms with Crippen molar-refractivity contribution in [2.45, 2.75) is 43.3 Å². The number of benzene rings is 3. The fourth-order valence-electron chi connectivity index (χ4n) is 5.58. The Bertz CT molecular complexity index is 1300. The molecule has 2 aliphatic heterocycles. The zero-order valence-electron chi connectivity index (χ0n) is 19.8. The van der Waals surface area contributed by atoms with Gasteiger partial charge in [-0.05, 0) is 67.1 Å². The van der Waals surface area contributed by atoms with Crippen molar-refractivity contribution >= 4 is 34.8 Å². The highest BCUT2D eigenvalue weighted by Crippen LogP contribution is 2.49. The monoisotopic (exact) mass is 540 g/mol. The van der Waals surface area contributed by atoms with Crippen molar-refractivity contribution in [3.63, 3.8) is 0 Å². The van der Waals surface area contributed by atoms with Crippen molar-refractivity contribution in [3.8, 4) is 11.8 Å². The molecule has 0 aromatic heterocycles. The molecular formula is C29H27Cl3N2O2. The zero-order valence-corrected chi connectivity index (χ0v) is 22.1. The van der Waals surface area contributed by atoms with Gasteiger partial charge in [-0.25, -0.2) is 0 Å². The van der Waals surface area contributed by atoms with E-state index in [0.29, 0.717) is 46.7 Å². The van der Waals surface area contributed by atoms with Gasteiger partial charge in [-0.2, -0.15) is 5.26 Å². The van der Waals surface area contributed by atoms with Crippen molar-refractivity contribution in [1.29, 1.82) is 5.26 Å². The number of nitrogens with zero attached hydrogens (tertiary/aromatic N) is 2. The van der Waals surface area contributed by atoms with Crippen LogP contribution in [0.3, 0.4) is 0 Å². The highest BCUT2D eigenvalue weighted by Gasteiger charge is 2.42. The molecule has 3 aromatic carbocycles. The minimum absolute atomic E-state index is 0.335. The molecule has 0 amide bonds. The van der Waals surface area contributed by atoms with Crippen molar-refractivity contribution in [3.05, 3.63) is 98.0 Å². The first-order valence-electron chi connectivity index (χ1n) is 12.2. The third-order valence-electron chi connectivity index (χ3n) is 7.64. The van der Waals surface area contributed by atoms with Crippen LogP contribution in [0.5, 0.6) is 5.75 Å². The maximum absolute atomic E-state index is 11.2. The number of fused-ring (bicyclic) bond motifs is 2. The minimum atomic E-state index is -0.892. The van der Waals surface area contributed by atoms with Crippen LogP contribution in [0.1, 0.15) is 47.9 Å². The molecule has 2 heterocycles. The molecule has 0 spiro atoms. The lowest BCUT2D eigenvalue weighted by Crippen LogP contribution is -2.43. The van der Waals surface area contributed by atoms with Crippen molar-refractivity contribution in [1.82, 2.24) is 4.90 Å². The van der Waals surface area contributed by atoms with E-state index in [1.165, 1.54) is 0 Å². The standard InChI is InChI=1S/C29H27Cl3N2O2/c30-22-8-6-21(7-9-22)29(35)13-16-34(17-14-29)15-3-12-28(19-33)23-5-2-1-4-20(23)18-36-27-24(28)10-11-25(31)26(27)32/h1-2,4-11,35H,3,12-18H2. The summed E-state index contributed by atoms with van der Waals surface area (Å²) < 4.78 is 6.10. The summed E-state index contributed by atoms with van der Waals surface area (Å²) in [5.74, 6) is 0.493. The smallest absolute Gasteiger partial charge is 0.145 e. The average Bonchev–Trinajstić information content (AvgIpc) is 3.03. The highest BCUT2D eigenvalue weighted by atomic mass is 35.5. The summed E-state index contributed by atoms with van der Waals surface area (Å²) in [5.41, 5.74) is 1.89. The zero-order chi connectivity index (χ0) is 25.3. The van der Waals surface area contributed by atoms with Gasteiger partial charge >= 0.3 is 0 Å². The second kappa shape index (κ2) is 10.2. The van der Waals surface area contributed by atoms with Gasteiger partial charge < -0.3 is 14.7 Å². The summed E-state index contributed by atoms with van der Waals surface area (Å²) in [6.45, 7) is 2.74. The van der Waals surface area contributed by atoms with Crippen LogP contribution in [-0.4, -0.2) is 29.6 Å². The molecule has 1 atom stereocenters. The number of ether oxygens (including phenoxy) is 1. The second-order valence-corrected chi connectivity index (χ2v) is 10.9. The van der Waals surface area contributed by atoms with Gasteiger partial charge in [0, 0.05) is 23.7 Å². The van der Waals surface area contributed by atoms with Crippen LogP contribution < -0.4 is 4.74 Å². The van der Waals surface area contributed by atoms with Gasteiger partial charge in [0.25, 0.3) is 0 Å². The summed E-state index contributed by atoms with van der Waals surface area (Å²) in [6, 6.07) is 21.7. The van der Waals surface area contributed by atoms with E-state index in [1.807, 2.05) is 54.6 Å². The average molecular weight is 542 g/mol. The van der Waals surface area contributed by atoms with Gasteiger partial charge in [0.2, 0.25) is 0 Å². The fourth-order valence-corrected chi connectivity index (χ4v) is 6.07. The number of halogens is 3. The Kier molecular flexibility index (Phi) is 7.23. The number of hydrogen-bond acceptors (Lipinski definition) is 4. The lowest BCUT2D eigenvalue weighted by molar-refractivity contribution is -0.0262. The van der Waals surface area contributed by atoms with Crippen LogP contribution in [0.4, 0.5) is 0 Å². The van der Waals surface area contributed by atoms with E-state index in [-0.39, 0.29) is 0 Å². The van der Waals surface area contributed by atoms with E-state index in [4.69, 9.17) is 39.5 Å². The fraction of sp³-hybridized carbons (Fsp3) is 0.345. The van der Waals surface area contributed by atoms with Gasteiger partial charge in [-0.15, -0.1) is 0 Å². The Labute approximate surface area is 227 Å². The van der Waals surface area contributed by atoms with Gasteiger partial charge in [0.15, 0.2) is 0 Å². The summed E-state index contributed by atoms with van der Waals surface area (Å²) in [5, 5.41) is 23.3. The topological polar surface area (TPSA) is 56.5 Å². The van der Waals surface area contributed by atoms with E-state index < -0.39 is 11.0 Å². The molecule has 5 rings (SSSR count). The number of likely N-dealkylation sites (tertiary alicyclic amines) is 1. The predicted molar refractivity (Wildman–Crippen MR) is 144 cm³/mol. The van der Waals surface area contributed by atoms with Crippen molar-refractivity contribution < 1.29 is 9.84 Å². The maximum Gasteiger partial charge on any atom is 0.145 e. The molecule has 0 aliphatic carbocycles. The molecule has 1 saturated heterocycles. The molecular weight excluding hydrogens is 515 g/mol. The molecule has 1 fully saturated rings. The predicted octanol–water partition coefficient (Wildman–Crippen LogP) is 7.11. The van der Waals surface area contributed by atoms with Crippen LogP contribution in [0.2, 0.25) is 15.1 Å². The first-order valence-corrected chi connectivity index (χ1v) is 13.3. The van der Waals surface area contributed by atoms with Gasteiger partial charge in [0.1, 0.15) is 22.8 Å². The molecule has 1 N–H and O–H groups in total. The van der Waals surface area contributed by atoms with E-state index in [0.717, 1.165) is 48.3 Å². The third kappa shape index (κ3) is 4.60. The molecule has 1 unspecified atom stereocenters. The number of hydrogen-bond donors (Lipinski definition) is 1. The Hall–Kier alpha value is -2.26. The first-order chi connectivity index (χ1) is 17.4. The largest absolute Gasteiger partial charge is 0.487 e. The number of aliphatic hydroxyl groups is 1. The molecule has 36 heavy (non-hydrogen) atoms. The van der Waals surface area contributed by atoms with Crippen LogP contribution in [0.15, 0.2) is 60.7 Å². The summed E-state index contributed by atoms with van der Waals surface area (Å²) >= 11 is 18.9. The summed E-state index contributed by atoms with van der Waals surface area (Å²) in [7, 11) is 0. The van der Waals surface area contributed by atoms with Gasteiger partial charge in [0.05, 0.1) is 16.7 Å². The molecule has 0 bridgehead atoms. The van der Waals surface area contributed by atoms with Crippen LogP contribution in [-0.2, 0) is 17.6 Å². The number of rotatable bonds is 5. The van der Waals surface area contributed by atoms with E-state index in [1.54, 1.807) is 6.07 Å². The first kappa shape index (κ1) is 25.4. The van der Waals surface area contributed by atoms with Crippen LogP contribution in [0.25, 0.3) is 0 Å². The molecule has 3 aromatic rings. The number of nitriles is 1. The quantitative estimate of drug-likeness (QED) is 0.374. The Morgan fingerprint density at radius 3 is 2.39 bits per heavy atom. The Balaban J connectivity index is 1.34. The SMILES string of the molecule is N#CC1(CCCN2CCC(O)(c3ccc(Cl)cc3)CC2)c2ccccc2COc2c1ccc(Cl)c2Cl. The lowest BCUT2D eigenvalue weighted by atomic mass is 9.71. The Morgan fingerprint density at radius 1 is 0.944 bits per heavy atom. The number of piperidine rings is 1. The summed E-state index contributed by atoms with van der Waals surface area (Å²) in [6.07, 6.45) is 2.74. The molecule has 2 aliphatic rings. The minimum Gasteiger partial charge on any atom is -0.487 e.